The van der Waals surface area contributed by atoms with Crippen molar-refractivity contribution in [2.45, 2.75) is 20.8 Å². The third-order valence-electron chi connectivity index (χ3n) is 2.51. The van der Waals surface area contributed by atoms with Gasteiger partial charge in [0, 0.05) is 18.3 Å². The summed E-state index contributed by atoms with van der Waals surface area (Å²) < 4.78 is 13.3. The molecule has 0 saturated carbocycles. The van der Waals surface area contributed by atoms with Crippen molar-refractivity contribution in [3.8, 4) is 0 Å². The molecule has 0 fully saturated rings. The Morgan fingerprint density at radius 1 is 1.05 bits per heavy atom. The summed E-state index contributed by atoms with van der Waals surface area (Å²) in [5.41, 5.74) is 1.54. The van der Waals surface area contributed by atoms with Crippen molar-refractivity contribution in [1.82, 2.24) is 9.97 Å². The summed E-state index contributed by atoms with van der Waals surface area (Å²) in [7, 11) is 0. The third kappa shape index (κ3) is 3.64. The van der Waals surface area contributed by atoms with Crippen molar-refractivity contribution < 1.29 is 4.39 Å². The predicted molar refractivity (Wildman–Crippen MR) is 75.4 cm³/mol. The van der Waals surface area contributed by atoms with Gasteiger partial charge < -0.3 is 10.6 Å². The zero-order valence-electron chi connectivity index (χ0n) is 11.3. The largest absolute Gasteiger partial charge is 0.370 e. The molecular formula is C14H17FN4. The quantitative estimate of drug-likeness (QED) is 0.884. The first-order valence-corrected chi connectivity index (χ1v) is 6.20. The van der Waals surface area contributed by atoms with Gasteiger partial charge in [-0.1, -0.05) is 0 Å². The fraction of sp³-hybridized carbons (Fsp3) is 0.286. The number of nitrogens with one attached hydrogen (secondary N) is 2. The Hall–Kier alpha value is -2.17. The molecule has 100 valence electrons. The van der Waals surface area contributed by atoms with Crippen LogP contribution in [-0.4, -0.2) is 16.5 Å². The average Bonchev–Trinajstić information content (AvgIpc) is 2.26. The maximum absolute atomic E-state index is 13.3. The van der Waals surface area contributed by atoms with Crippen LogP contribution in [0, 0.1) is 19.7 Å². The number of aromatic nitrogens is 2. The van der Waals surface area contributed by atoms with Crippen LogP contribution in [0.3, 0.4) is 0 Å². The number of anilines is 3. The molecule has 0 bridgehead atoms. The molecule has 4 nitrogen and oxygen atoms in total. The highest BCUT2D eigenvalue weighted by atomic mass is 19.1. The second-order valence-corrected chi connectivity index (χ2v) is 4.36. The van der Waals surface area contributed by atoms with Crippen LogP contribution in [0.5, 0.6) is 0 Å². The molecule has 0 aliphatic heterocycles. The lowest BCUT2D eigenvalue weighted by Gasteiger charge is -2.10. The lowest BCUT2D eigenvalue weighted by Crippen LogP contribution is -2.04. The number of hydrogen-bond acceptors (Lipinski definition) is 4. The molecular weight excluding hydrogens is 243 g/mol. The van der Waals surface area contributed by atoms with Crippen molar-refractivity contribution in [2.75, 3.05) is 17.2 Å². The molecule has 2 N–H and O–H groups in total. The van der Waals surface area contributed by atoms with Crippen molar-refractivity contribution in [1.29, 1.82) is 0 Å². The highest BCUT2D eigenvalue weighted by molar-refractivity contribution is 5.60. The number of halogens is 1. The third-order valence-corrected chi connectivity index (χ3v) is 2.51. The van der Waals surface area contributed by atoms with Crippen LogP contribution in [0.4, 0.5) is 21.7 Å². The van der Waals surface area contributed by atoms with Crippen LogP contribution < -0.4 is 10.6 Å². The Kier molecular flexibility index (Phi) is 3.94. The first kappa shape index (κ1) is 13.3. The Bertz CT molecular complexity index is 563. The summed E-state index contributed by atoms with van der Waals surface area (Å²) in [5, 5.41) is 6.23. The van der Waals surface area contributed by atoms with Crippen molar-refractivity contribution >= 4 is 17.3 Å². The summed E-state index contributed by atoms with van der Waals surface area (Å²) in [6.07, 6.45) is 0. The van der Waals surface area contributed by atoms with E-state index in [2.05, 4.69) is 20.6 Å². The number of benzene rings is 1. The molecule has 0 radical (unpaired) electrons. The molecule has 2 aromatic rings. The van der Waals surface area contributed by atoms with E-state index in [4.69, 9.17) is 0 Å². The van der Waals surface area contributed by atoms with Crippen LogP contribution in [0.1, 0.15) is 18.3 Å². The molecule has 0 aliphatic rings. The fourth-order valence-electron chi connectivity index (χ4n) is 1.86. The summed E-state index contributed by atoms with van der Waals surface area (Å²) in [6, 6.07) is 6.60. The molecule has 19 heavy (non-hydrogen) atoms. The van der Waals surface area contributed by atoms with E-state index in [0.29, 0.717) is 17.3 Å². The number of aryl methyl sites for hydroxylation is 2. The van der Waals surface area contributed by atoms with Gasteiger partial charge in [-0.05, 0) is 44.5 Å². The predicted octanol–water partition coefficient (Wildman–Crippen LogP) is 3.41. The summed E-state index contributed by atoms with van der Waals surface area (Å²) >= 11 is 0. The molecule has 1 heterocycles. The Labute approximate surface area is 112 Å². The van der Waals surface area contributed by atoms with Gasteiger partial charge in [0.15, 0.2) is 0 Å². The lowest BCUT2D eigenvalue weighted by atomic mass is 10.2. The summed E-state index contributed by atoms with van der Waals surface area (Å²) in [5.74, 6) is 1.80. The van der Waals surface area contributed by atoms with Gasteiger partial charge in [-0.15, -0.1) is 0 Å². The van der Waals surface area contributed by atoms with E-state index in [9.17, 15) is 4.39 Å². The zero-order chi connectivity index (χ0) is 13.8. The SMILES string of the molecule is CCNc1cc(Nc2cc(C)cc(F)c2)nc(C)n1. The van der Waals surface area contributed by atoms with E-state index >= 15 is 0 Å². The molecule has 0 spiro atoms. The van der Waals surface area contributed by atoms with E-state index < -0.39 is 0 Å². The normalized spacial score (nSPS) is 10.3. The van der Waals surface area contributed by atoms with Crippen molar-refractivity contribution in [3.05, 3.63) is 41.5 Å². The van der Waals surface area contributed by atoms with E-state index in [1.807, 2.05) is 26.8 Å². The second-order valence-electron chi connectivity index (χ2n) is 4.36. The van der Waals surface area contributed by atoms with Crippen LogP contribution in [0.25, 0.3) is 0 Å². The molecule has 0 unspecified atom stereocenters. The molecule has 1 aromatic heterocycles. The Balaban J connectivity index is 2.27. The van der Waals surface area contributed by atoms with Gasteiger partial charge in [0.1, 0.15) is 23.3 Å². The van der Waals surface area contributed by atoms with Gasteiger partial charge in [-0.2, -0.15) is 0 Å². The number of nitrogens with zero attached hydrogens (tertiary/aromatic N) is 2. The van der Waals surface area contributed by atoms with Gasteiger partial charge in [0.25, 0.3) is 0 Å². The van der Waals surface area contributed by atoms with E-state index in [0.717, 1.165) is 17.9 Å². The zero-order valence-corrected chi connectivity index (χ0v) is 11.3. The first-order chi connectivity index (χ1) is 9.06. The maximum atomic E-state index is 13.3. The highest BCUT2D eigenvalue weighted by Crippen LogP contribution is 2.19. The molecule has 5 heteroatoms. The molecule has 2 rings (SSSR count). The topological polar surface area (TPSA) is 49.8 Å². The average molecular weight is 260 g/mol. The molecule has 0 amide bonds. The Morgan fingerprint density at radius 2 is 1.79 bits per heavy atom. The van der Waals surface area contributed by atoms with Gasteiger partial charge in [-0.25, -0.2) is 14.4 Å². The van der Waals surface area contributed by atoms with Crippen LogP contribution in [0.2, 0.25) is 0 Å². The molecule has 0 aliphatic carbocycles. The smallest absolute Gasteiger partial charge is 0.136 e. The lowest BCUT2D eigenvalue weighted by molar-refractivity contribution is 0.627. The van der Waals surface area contributed by atoms with Crippen LogP contribution in [0.15, 0.2) is 24.3 Å². The standard InChI is InChI=1S/C14H17FN4/c1-4-16-13-8-14(18-10(3)17-13)19-12-6-9(2)5-11(15)7-12/h5-8H,4H2,1-3H3,(H2,16,17,18,19). The minimum Gasteiger partial charge on any atom is -0.370 e. The van der Waals surface area contributed by atoms with Crippen LogP contribution >= 0.6 is 0 Å². The molecule has 0 atom stereocenters. The van der Waals surface area contributed by atoms with Gasteiger partial charge >= 0.3 is 0 Å². The van der Waals surface area contributed by atoms with Crippen LogP contribution in [-0.2, 0) is 0 Å². The summed E-state index contributed by atoms with van der Waals surface area (Å²) in [4.78, 5) is 8.55. The molecule has 0 saturated heterocycles. The van der Waals surface area contributed by atoms with E-state index in [1.54, 1.807) is 6.07 Å². The van der Waals surface area contributed by atoms with Gasteiger partial charge in [-0.3, -0.25) is 0 Å². The van der Waals surface area contributed by atoms with Crippen molar-refractivity contribution in [2.24, 2.45) is 0 Å². The van der Waals surface area contributed by atoms with E-state index in [1.165, 1.54) is 12.1 Å². The maximum Gasteiger partial charge on any atom is 0.136 e. The Morgan fingerprint density at radius 3 is 2.47 bits per heavy atom. The fourth-order valence-corrected chi connectivity index (χ4v) is 1.86. The summed E-state index contributed by atoms with van der Waals surface area (Å²) in [6.45, 7) is 6.46. The number of rotatable bonds is 4. The van der Waals surface area contributed by atoms with Gasteiger partial charge in [0.05, 0.1) is 0 Å². The van der Waals surface area contributed by atoms with Crippen molar-refractivity contribution in [3.63, 3.8) is 0 Å². The second kappa shape index (κ2) is 5.65. The van der Waals surface area contributed by atoms with E-state index in [-0.39, 0.29) is 5.82 Å². The van der Waals surface area contributed by atoms with Gasteiger partial charge in [0.2, 0.25) is 0 Å². The monoisotopic (exact) mass is 260 g/mol. The minimum absolute atomic E-state index is 0.264. The minimum atomic E-state index is -0.264. The molecule has 1 aromatic carbocycles. The highest BCUT2D eigenvalue weighted by Gasteiger charge is 2.03. The number of hydrogen-bond donors (Lipinski definition) is 2. The first-order valence-electron chi connectivity index (χ1n) is 6.20.